The fourth-order valence-corrected chi connectivity index (χ4v) is 4.94. The van der Waals surface area contributed by atoms with E-state index in [1.54, 1.807) is 31.2 Å². The molecule has 4 rings (SSSR count). The Kier molecular flexibility index (Phi) is 7.04. The molecule has 3 aromatic rings. The number of fused-ring (bicyclic) bond motifs is 1. The summed E-state index contributed by atoms with van der Waals surface area (Å²) in [4.78, 5) is 13.3. The molecule has 1 aliphatic rings. The summed E-state index contributed by atoms with van der Waals surface area (Å²) in [5, 5.41) is 2.79. The van der Waals surface area contributed by atoms with E-state index >= 15 is 0 Å². The summed E-state index contributed by atoms with van der Waals surface area (Å²) in [6.07, 6.45) is 0.172. The predicted molar refractivity (Wildman–Crippen MR) is 128 cm³/mol. The van der Waals surface area contributed by atoms with Gasteiger partial charge in [-0.15, -0.1) is 0 Å². The predicted octanol–water partition coefficient (Wildman–Crippen LogP) is 3.30. The van der Waals surface area contributed by atoms with Crippen molar-refractivity contribution in [3.8, 4) is 17.2 Å². The zero-order valence-corrected chi connectivity index (χ0v) is 19.7. The molecule has 1 amide bonds. The molecule has 34 heavy (non-hydrogen) atoms. The fraction of sp³-hybridized carbons (Fsp3) is 0.240. The van der Waals surface area contributed by atoms with Crippen LogP contribution in [0.5, 0.6) is 17.2 Å². The minimum absolute atomic E-state index is 0.0518. The molecule has 1 heterocycles. The van der Waals surface area contributed by atoms with Crippen LogP contribution in [-0.2, 0) is 21.2 Å². The normalized spacial score (nSPS) is 13.7. The molecule has 1 aliphatic heterocycles. The molecular weight excluding hydrogens is 456 g/mol. The quantitative estimate of drug-likeness (QED) is 0.511. The number of amides is 1. The molecule has 178 valence electrons. The average molecular weight is 483 g/mol. The molecule has 0 aromatic heterocycles. The molecule has 0 bridgehead atoms. The lowest BCUT2D eigenvalue weighted by Crippen LogP contribution is -2.45. The zero-order valence-electron chi connectivity index (χ0n) is 18.9. The topological polar surface area (TPSA) is 103 Å². The molecule has 8 nitrogen and oxygen atoms in total. The van der Waals surface area contributed by atoms with E-state index in [-0.39, 0.29) is 11.3 Å². The van der Waals surface area contributed by atoms with Crippen molar-refractivity contribution in [1.29, 1.82) is 0 Å². The van der Waals surface area contributed by atoms with Gasteiger partial charge in [-0.1, -0.05) is 30.3 Å². The molecule has 2 N–H and O–H groups in total. The third-order valence-electron chi connectivity index (χ3n) is 5.38. The standard InChI is InChI=1S/C25H26N2O6S/c1-17-14-20(9-11-22(17)31-2)34(29,30)27-21(15-18-6-4-3-5-7-18)25(28)26-19-8-10-23-24(16-19)33-13-12-32-23/h3-11,14,16,21,27H,12-13,15H2,1-2H3,(H,26,28)/t21-/m1/s1. The number of ether oxygens (including phenoxy) is 3. The van der Waals surface area contributed by atoms with Crippen LogP contribution < -0.4 is 24.2 Å². The summed E-state index contributed by atoms with van der Waals surface area (Å²) in [5.74, 6) is 1.21. The molecule has 0 saturated heterocycles. The summed E-state index contributed by atoms with van der Waals surface area (Å²) in [6.45, 7) is 2.64. The Hall–Kier alpha value is -3.56. The van der Waals surface area contributed by atoms with Crippen LogP contribution in [0.25, 0.3) is 0 Å². The summed E-state index contributed by atoms with van der Waals surface area (Å²) in [6, 6.07) is 17.8. The van der Waals surface area contributed by atoms with Crippen molar-refractivity contribution in [2.45, 2.75) is 24.3 Å². The number of sulfonamides is 1. The van der Waals surface area contributed by atoms with Gasteiger partial charge in [0, 0.05) is 11.8 Å². The summed E-state index contributed by atoms with van der Waals surface area (Å²) < 4.78 is 45.2. The molecule has 1 atom stereocenters. The van der Waals surface area contributed by atoms with Crippen LogP contribution in [0.3, 0.4) is 0 Å². The van der Waals surface area contributed by atoms with Gasteiger partial charge in [-0.25, -0.2) is 8.42 Å². The lowest BCUT2D eigenvalue weighted by atomic mass is 10.1. The Bertz CT molecular complexity index is 1280. The van der Waals surface area contributed by atoms with Crippen LogP contribution in [0.4, 0.5) is 5.69 Å². The minimum atomic E-state index is -3.99. The van der Waals surface area contributed by atoms with Gasteiger partial charge in [0.05, 0.1) is 12.0 Å². The Balaban J connectivity index is 1.58. The SMILES string of the molecule is COc1ccc(S(=O)(=O)N[C@H](Cc2ccccc2)C(=O)Nc2ccc3c(c2)OCCO3)cc1C. The zero-order chi connectivity index (χ0) is 24.1. The number of hydrogen-bond acceptors (Lipinski definition) is 6. The van der Waals surface area contributed by atoms with Gasteiger partial charge in [-0.2, -0.15) is 4.72 Å². The third-order valence-corrected chi connectivity index (χ3v) is 6.85. The third kappa shape index (κ3) is 5.49. The highest BCUT2D eigenvalue weighted by Gasteiger charge is 2.27. The van der Waals surface area contributed by atoms with Crippen LogP contribution in [0.15, 0.2) is 71.6 Å². The molecular formula is C25H26N2O6S. The monoisotopic (exact) mass is 482 g/mol. The highest BCUT2D eigenvalue weighted by atomic mass is 32.2. The minimum Gasteiger partial charge on any atom is -0.496 e. The largest absolute Gasteiger partial charge is 0.496 e. The van der Waals surface area contributed by atoms with Crippen molar-refractivity contribution >= 4 is 21.6 Å². The summed E-state index contributed by atoms with van der Waals surface area (Å²) >= 11 is 0. The molecule has 3 aromatic carbocycles. The van der Waals surface area contributed by atoms with Gasteiger partial charge in [-0.3, -0.25) is 4.79 Å². The lowest BCUT2D eigenvalue weighted by Gasteiger charge is -2.21. The number of carbonyl (C=O) groups is 1. The van der Waals surface area contributed by atoms with E-state index in [0.717, 1.165) is 5.56 Å². The number of methoxy groups -OCH3 is 1. The van der Waals surface area contributed by atoms with E-state index < -0.39 is 22.0 Å². The van der Waals surface area contributed by atoms with Crippen LogP contribution in [0.1, 0.15) is 11.1 Å². The Morgan fingerprint density at radius 1 is 1.00 bits per heavy atom. The number of hydrogen-bond donors (Lipinski definition) is 2. The number of carbonyl (C=O) groups excluding carboxylic acids is 1. The van der Waals surface area contributed by atoms with Crippen molar-refractivity contribution in [2.24, 2.45) is 0 Å². The Morgan fingerprint density at radius 3 is 2.44 bits per heavy atom. The Morgan fingerprint density at radius 2 is 1.74 bits per heavy atom. The van der Waals surface area contributed by atoms with Gasteiger partial charge in [0.2, 0.25) is 15.9 Å². The number of benzene rings is 3. The van der Waals surface area contributed by atoms with Crippen LogP contribution in [0.2, 0.25) is 0 Å². The number of aryl methyl sites for hydroxylation is 1. The molecule has 0 fully saturated rings. The molecule has 0 spiro atoms. The highest BCUT2D eigenvalue weighted by Crippen LogP contribution is 2.32. The first-order valence-electron chi connectivity index (χ1n) is 10.8. The lowest BCUT2D eigenvalue weighted by molar-refractivity contribution is -0.117. The van der Waals surface area contributed by atoms with Gasteiger partial charge in [-0.05, 0) is 54.8 Å². The maximum atomic E-state index is 13.2. The van der Waals surface area contributed by atoms with E-state index in [1.165, 1.54) is 19.2 Å². The maximum absolute atomic E-state index is 13.2. The second-order valence-electron chi connectivity index (χ2n) is 7.84. The molecule has 0 aliphatic carbocycles. The first-order chi connectivity index (χ1) is 16.4. The molecule has 0 saturated carbocycles. The van der Waals surface area contributed by atoms with Gasteiger partial charge in [0.15, 0.2) is 11.5 Å². The van der Waals surface area contributed by atoms with Crippen molar-refractivity contribution in [3.05, 3.63) is 77.9 Å². The first kappa shape index (κ1) is 23.6. The van der Waals surface area contributed by atoms with Crippen LogP contribution in [-0.4, -0.2) is 40.7 Å². The van der Waals surface area contributed by atoms with E-state index in [9.17, 15) is 13.2 Å². The average Bonchev–Trinajstić information content (AvgIpc) is 2.84. The summed E-state index contributed by atoms with van der Waals surface area (Å²) in [7, 11) is -2.47. The van der Waals surface area contributed by atoms with E-state index in [0.29, 0.717) is 41.7 Å². The van der Waals surface area contributed by atoms with Crippen molar-refractivity contribution in [3.63, 3.8) is 0 Å². The fourth-order valence-electron chi connectivity index (χ4n) is 3.66. The van der Waals surface area contributed by atoms with Crippen molar-refractivity contribution < 1.29 is 27.4 Å². The molecule has 0 radical (unpaired) electrons. The second-order valence-corrected chi connectivity index (χ2v) is 9.56. The van der Waals surface area contributed by atoms with E-state index in [1.807, 2.05) is 30.3 Å². The van der Waals surface area contributed by atoms with Crippen LogP contribution >= 0.6 is 0 Å². The smallest absolute Gasteiger partial charge is 0.242 e. The van der Waals surface area contributed by atoms with Crippen molar-refractivity contribution in [2.75, 3.05) is 25.6 Å². The van der Waals surface area contributed by atoms with Crippen molar-refractivity contribution in [1.82, 2.24) is 4.72 Å². The number of rotatable bonds is 8. The van der Waals surface area contributed by atoms with Gasteiger partial charge < -0.3 is 19.5 Å². The van der Waals surface area contributed by atoms with Gasteiger partial charge >= 0.3 is 0 Å². The maximum Gasteiger partial charge on any atom is 0.242 e. The van der Waals surface area contributed by atoms with E-state index in [4.69, 9.17) is 14.2 Å². The Labute approximate surface area is 198 Å². The second kappa shape index (κ2) is 10.1. The van der Waals surface area contributed by atoms with Gasteiger partial charge in [0.1, 0.15) is 25.0 Å². The number of anilines is 1. The number of nitrogens with one attached hydrogen (secondary N) is 2. The van der Waals surface area contributed by atoms with Gasteiger partial charge in [0.25, 0.3) is 0 Å². The van der Waals surface area contributed by atoms with Crippen LogP contribution in [0, 0.1) is 6.92 Å². The summed E-state index contributed by atoms with van der Waals surface area (Å²) in [5.41, 5.74) is 1.97. The highest BCUT2D eigenvalue weighted by molar-refractivity contribution is 7.89. The molecule has 0 unspecified atom stereocenters. The first-order valence-corrected chi connectivity index (χ1v) is 12.3. The van der Waals surface area contributed by atoms with E-state index in [2.05, 4.69) is 10.0 Å². The molecule has 9 heteroatoms.